The lowest BCUT2D eigenvalue weighted by Gasteiger charge is -2.24. The third-order valence-corrected chi connectivity index (χ3v) is 8.76. The molecule has 5 nitrogen and oxygen atoms in total. The summed E-state index contributed by atoms with van der Waals surface area (Å²) in [7, 11) is 0. The Balaban J connectivity index is 1.30. The largest absolute Gasteiger partial charge is 0.872 e. The van der Waals surface area contributed by atoms with E-state index >= 15 is 0 Å². The molecule has 2 heterocycles. The molecular weight excluding hydrogens is 496 g/mol. The number of carbonyl (C=O) groups excluding carboxylic acids is 1. The van der Waals surface area contributed by atoms with Gasteiger partial charge in [0.25, 0.3) is 0 Å². The van der Waals surface area contributed by atoms with E-state index in [4.69, 9.17) is 0 Å². The van der Waals surface area contributed by atoms with Gasteiger partial charge in [0.2, 0.25) is 0 Å². The van der Waals surface area contributed by atoms with Crippen LogP contribution in [0, 0.1) is 0 Å². The van der Waals surface area contributed by atoms with Gasteiger partial charge in [0.05, 0.1) is 0 Å². The van der Waals surface area contributed by atoms with E-state index < -0.39 is 28.1 Å². The molecule has 7 rings (SSSR count). The second kappa shape index (κ2) is 8.12. The van der Waals surface area contributed by atoms with E-state index in [1.165, 1.54) is 0 Å². The van der Waals surface area contributed by atoms with Crippen LogP contribution < -0.4 is 20.8 Å². The minimum Gasteiger partial charge on any atom is -0.872 e. The van der Waals surface area contributed by atoms with Crippen LogP contribution >= 0.6 is 0 Å². The molecule has 40 heavy (non-hydrogen) atoms. The maximum Gasteiger partial charge on any atom is 0.178 e. The number of rotatable bonds is 2. The standard InChI is InChI=1S/C35H30N2O3/c1-34(2)27(36-25-15-13-19-9-5-7-11-21(19)29(25)34)17-23-31(38)24(33(40)32(23)39)18-28-35(3,4)30-22-12-8-6-10-20(22)14-16-26(30)37-28/h5-18,36-38H,1-4H3,(H,39,40)/p-2/b27-17-,28-18-. The smallest absolute Gasteiger partial charge is 0.178 e. The van der Waals surface area contributed by atoms with Crippen LogP contribution in [0.3, 0.4) is 0 Å². The van der Waals surface area contributed by atoms with E-state index in [0.29, 0.717) is 0 Å². The van der Waals surface area contributed by atoms with Gasteiger partial charge in [0.15, 0.2) is 5.78 Å². The molecule has 0 radical (unpaired) electrons. The Hall–Kier alpha value is -4.77. The van der Waals surface area contributed by atoms with Gasteiger partial charge in [-0.05, 0) is 62.5 Å². The van der Waals surface area contributed by atoms with Crippen molar-refractivity contribution in [1.29, 1.82) is 0 Å². The number of nitrogens with one attached hydrogen (secondary N) is 2. The second-order valence-electron chi connectivity index (χ2n) is 11.8. The fraction of sp³-hybridized carbons (Fsp3) is 0.171. The Labute approximate surface area is 232 Å². The summed E-state index contributed by atoms with van der Waals surface area (Å²) in [6, 6.07) is 24.5. The molecule has 198 valence electrons. The van der Waals surface area contributed by atoms with Crippen LogP contribution in [-0.2, 0) is 15.6 Å². The van der Waals surface area contributed by atoms with Crippen LogP contribution in [0.4, 0.5) is 11.4 Å². The van der Waals surface area contributed by atoms with Crippen molar-refractivity contribution in [2.24, 2.45) is 0 Å². The van der Waals surface area contributed by atoms with Crippen LogP contribution in [0.15, 0.2) is 119 Å². The van der Waals surface area contributed by atoms with Gasteiger partial charge in [-0.1, -0.05) is 99.9 Å². The third kappa shape index (κ3) is 3.24. The summed E-state index contributed by atoms with van der Waals surface area (Å²) in [5, 5.41) is 38.1. The molecular formula is C35H28N2O3-2. The van der Waals surface area contributed by atoms with Gasteiger partial charge >= 0.3 is 0 Å². The molecule has 1 aliphatic carbocycles. The van der Waals surface area contributed by atoms with Crippen LogP contribution in [-0.4, -0.2) is 5.78 Å². The summed E-state index contributed by atoms with van der Waals surface area (Å²) >= 11 is 0. The summed E-state index contributed by atoms with van der Waals surface area (Å²) in [6.45, 7) is 8.26. The number of benzene rings is 4. The van der Waals surface area contributed by atoms with Gasteiger partial charge < -0.3 is 20.8 Å². The lowest BCUT2D eigenvalue weighted by Crippen LogP contribution is -2.20. The van der Waals surface area contributed by atoms with Crippen molar-refractivity contribution in [3.8, 4) is 0 Å². The van der Waals surface area contributed by atoms with Crippen molar-refractivity contribution in [3.05, 3.63) is 130 Å². The minimum absolute atomic E-state index is 0.0942. The Morgan fingerprint density at radius 2 is 1.05 bits per heavy atom. The lowest BCUT2D eigenvalue weighted by atomic mass is 9.80. The highest BCUT2D eigenvalue weighted by atomic mass is 16.3. The van der Waals surface area contributed by atoms with E-state index in [-0.39, 0.29) is 11.1 Å². The molecule has 0 bridgehead atoms. The van der Waals surface area contributed by atoms with Crippen molar-refractivity contribution >= 4 is 38.7 Å². The molecule has 0 aromatic heterocycles. The van der Waals surface area contributed by atoms with E-state index in [2.05, 4.69) is 74.7 Å². The van der Waals surface area contributed by atoms with E-state index in [1.807, 2.05) is 36.4 Å². The Morgan fingerprint density at radius 1 is 0.600 bits per heavy atom. The molecule has 4 aromatic rings. The van der Waals surface area contributed by atoms with Crippen LogP contribution in [0.1, 0.15) is 38.8 Å². The van der Waals surface area contributed by atoms with E-state index in [0.717, 1.165) is 55.4 Å². The molecule has 2 N–H and O–H groups in total. The predicted octanol–water partition coefficient (Wildman–Crippen LogP) is 5.68. The molecule has 0 saturated carbocycles. The van der Waals surface area contributed by atoms with Crippen LogP contribution in [0.5, 0.6) is 0 Å². The predicted molar refractivity (Wildman–Crippen MR) is 156 cm³/mol. The van der Waals surface area contributed by atoms with Crippen molar-refractivity contribution in [2.75, 3.05) is 10.6 Å². The zero-order valence-electron chi connectivity index (χ0n) is 22.8. The number of carbonyl (C=O) groups is 1. The van der Waals surface area contributed by atoms with Crippen molar-refractivity contribution in [1.82, 2.24) is 0 Å². The fourth-order valence-corrected chi connectivity index (χ4v) is 6.55. The first kappa shape index (κ1) is 24.3. The van der Waals surface area contributed by atoms with Gasteiger partial charge in [0.1, 0.15) is 0 Å². The Kier molecular flexibility index (Phi) is 4.93. The van der Waals surface area contributed by atoms with Gasteiger partial charge in [-0.15, -0.1) is 0 Å². The normalized spacial score (nSPS) is 20.9. The first-order valence-corrected chi connectivity index (χ1v) is 13.5. The maximum atomic E-state index is 13.6. The number of allylic oxidation sites excluding steroid dienone is 5. The monoisotopic (exact) mass is 524 g/mol. The van der Waals surface area contributed by atoms with E-state index in [9.17, 15) is 15.0 Å². The Bertz CT molecular complexity index is 1940. The average molecular weight is 525 g/mol. The molecule has 0 amide bonds. The molecule has 4 aromatic carbocycles. The number of Topliss-reactive ketones (excluding diaryl/α,β-unsaturated/α-hetero) is 1. The quantitative estimate of drug-likeness (QED) is 0.352. The summed E-state index contributed by atoms with van der Waals surface area (Å²) in [5.41, 5.74) is 4.35. The summed E-state index contributed by atoms with van der Waals surface area (Å²) in [6.07, 6.45) is 3.16. The highest BCUT2D eigenvalue weighted by Crippen LogP contribution is 2.49. The number of fused-ring (bicyclic) bond motifs is 6. The Morgan fingerprint density at radius 3 is 1.55 bits per heavy atom. The first-order chi connectivity index (χ1) is 19.1. The molecule has 0 atom stereocenters. The highest BCUT2D eigenvalue weighted by molar-refractivity contribution is 6.13. The third-order valence-electron chi connectivity index (χ3n) is 8.76. The second-order valence-corrected chi connectivity index (χ2v) is 11.8. The van der Waals surface area contributed by atoms with Crippen molar-refractivity contribution in [2.45, 2.75) is 38.5 Å². The number of hydrogen-bond donors (Lipinski definition) is 2. The fourth-order valence-electron chi connectivity index (χ4n) is 6.55. The maximum absolute atomic E-state index is 13.6. The van der Waals surface area contributed by atoms with Crippen molar-refractivity contribution < 1.29 is 15.0 Å². The van der Waals surface area contributed by atoms with Gasteiger partial charge in [-0.2, -0.15) is 0 Å². The van der Waals surface area contributed by atoms with Gasteiger partial charge in [-0.25, -0.2) is 0 Å². The van der Waals surface area contributed by atoms with E-state index in [1.54, 1.807) is 12.2 Å². The minimum atomic E-state index is -0.762. The topological polar surface area (TPSA) is 87.2 Å². The molecule has 0 saturated heterocycles. The summed E-state index contributed by atoms with van der Waals surface area (Å²) in [5.74, 6) is -2.06. The summed E-state index contributed by atoms with van der Waals surface area (Å²) in [4.78, 5) is 13.2. The molecule has 2 aliphatic heterocycles. The number of hydrogen-bond acceptors (Lipinski definition) is 5. The number of anilines is 2. The average Bonchev–Trinajstić information content (AvgIpc) is 3.44. The summed E-state index contributed by atoms with van der Waals surface area (Å²) < 4.78 is 0. The number of ketones is 1. The molecule has 0 fully saturated rings. The van der Waals surface area contributed by atoms with Gasteiger partial charge in [-0.3, -0.25) is 4.79 Å². The zero-order chi connectivity index (χ0) is 28.0. The highest BCUT2D eigenvalue weighted by Gasteiger charge is 2.38. The molecule has 3 aliphatic rings. The zero-order valence-corrected chi connectivity index (χ0v) is 22.8. The SMILES string of the molecule is CC1(C)/C(=C/C2=C([O-])C(/C=C3\Nc4ccc5ccccc5c4C3(C)C)=C([O-])C2=O)Nc2ccc3ccccc3c21. The van der Waals surface area contributed by atoms with Gasteiger partial charge in [0, 0.05) is 39.2 Å². The lowest BCUT2D eigenvalue weighted by molar-refractivity contribution is -0.308. The molecule has 5 heteroatoms. The van der Waals surface area contributed by atoms with Crippen LogP contribution in [0.2, 0.25) is 0 Å². The van der Waals surface area contributed by atoms with Crippen molar-refractivity contribution in [3.63, 3.8) is 0 Å². The van der Waals surface area contributed by atoms with Crippen LogP contribution in [0.25, 0.3) is 21.5 Å². The first-order valence-electron chi connectivity index (χ1n) is 13.5. The molecule has 0 unspecified atom stereocenters. The molecule has 0 spiro atoms.